The minimum Gasteiger partial charge on any atom is -0.368 e. The Hall–Kier alpha value is -2.08. The molecule has 1 aromatic heterocycles. The number of hydrogen-bond acceptors (Lipinski definition) is 6. The van der Waals surface area contributed by atoms with Crippen LogP contribution in [0.2, 0.25) is 5.02 Å². The van der Waals surface area contributed by atoms with Gasteiger partial charge < -0.3 is 16.0 Å². The summed E-state index contributed by atoms with van der Waals surface area (Å²) in [6.07, 6.45) is 2.32. The van der Waals surface area contributed by atoms with E-state index in [1.807, 2.05) is 12.1 Å². The Labute approximate surface area is 122 Å². The van der Waals surface area contributed by atoms with Gasteiger partial charge in [-0.3, -0.25) is 0 Å². The van der Waals surface area contributed by atoms with Gasteiger partial charge in [0.25, 0.3) is 0 Å². The van der Waals surface area contributed by atoms with E-state index in [2.05, 4.69) is 25.2 Å². The molecule has 0 bridgehead atoms. The third-order valence-corrected chi connectivity index (χ3v) is 3.38. The van der Waals surface area contributed by atoms with Gasteiger partial charge in [-0.15, -0.1) is 0 Å². The van der Waals surface area contributed by atoms with E-state index in [0.717, 1.165) is 31.6 Å². The van der Waals surface area contributed by atoms with E-state index in [9.17, 15) is 0 Å². The molecule has 1 fully saturated rings. The van der Waals surface area contributed by atoms with Crippen molar-refractivity contribution in [3.63, 3.8) is 0 Å². The predicted molar refractivity (Wildman–Crippen MR) is 80.4 cm³/mol. The lowest BCUT2D eigenvalue weighted by Crippen LogP contribution is -2.21. The lowest BCUT2D eigenvalue weighted by Gasteiger charge is -2.16. The van der Waals surface area contributed by atoms with Crippen LogP contribution in [0.3, 0.4) is 0 Å². The average Bonchev–Trinajstić information content (AvgIpc) is 2.95. The van der Waals surface area contributed by atoms with E-state index in [1.165, 1.54) is 0 Å². The Kier molecular flexibility index (Phi) is 3.56. The number of aromatic nitrogens is 3. The average molecular weight is 291 g/mol. The zero-order valence-electron chi connectivity index (χ0n) is 10.9. The molecule has 3 N–H and O–H groups in total. The highest BCUT2D eigenvalue weighted by Gasteiger charge is 2.16. The topological polar surface area (TPSA) is 80.0 Å². The van der Waals surface area contributed by atoms with Crippen LogP contribution in [0.15, 0.2) is 24.3 Å². The van der Waals surface area contributed by atoms with E-state index in [-0.39, 0.29) is 5.95 Å². The maximum Gasteiger partial charge on any atom is 0.233 e. The number of hydrogen-bond donors (Lipinski definition) is 2. The summed E-state index contributed by atoms with van der Waals surface area (Å²) in [5.74, 6) is 1.30. The molecule has 3 rings (SSSR count). The van der Waals surface area contributed by atoms with Gasteiger partial charge >= 0.3 is 0 Å². The highest BCUT2D eigenvalue weighted by atomic mass is 35.5. The number of anilines is 4. The quantitative estimate of drug-likeness (QED) is 0.904. The molecule has 0 unspecified atom stereocenters. The minimum absolute atomic E-state index is 0.221. The highest BCUT2D eigenvalue weighted by molar-refractivity contribution is 6.30. The Morgan fingerprint density at radius 1 is 1.05 bits per heavy atom. The third-order valence-electron chi connectivity index (χ3n) is 3.13. The van der Waals surface area contributed by atoms with Gasteiger partial charge in [0.2, 0.25) is 17.8 Å². The first kappa shape index (κ1) is 12.9. The third kappa shape index (κ3) is 2.91. The van der Waals surface area contributed by atoms with E-state index in [1.54, 1.807) is 12.1 Å². The van der Waals surface area contributed by atoms with Crippen molar-refractivity contribution in [2.24, 2.45) is 0 Å². The van der Waals surface area contributed by atoms with E-state index in [4.69, 9.17) is 17.3 Å². The summed E-state index contributed by atoms with van der Waals surface area (Å²) in [6.45, 7) is 1.92. The fraction of sp³-hybridized carbons (Fsp3) is 0.308. The van der Waals surface area contributed by atoms with Crippen LogP contribution in [-0.2, 0) is 0 Å². The van der Waals surface area contributed by atoms with E-state index in [0.29, 0.717) is 16.9 Å². The summed E-state index contributed by atoms with van der Waals surface area (Å²) >= 11 is 5.86. The number of nitrogens with one attached hydrogen (secondary N) is 1. The molecule has 104 valence electrons. The van der Waals surface area contributed by atoms with Gasteiger partial charge in [-0.25, -0.2) is 0 Å². The van der Waals surface area contributed by atoms with Gasteiger partial charge in [-0.2, -0.15) is 15.0 Å². The number of benzene rings is 1. The molecule has 1 aliphatic heterocycles. The second kappa shape index (κ2) is 5.50. The highest BCUT2D eigenvalue weighted by Crippen LogP contribution is 2.20. The Bertz CT molecular complexity index is 594. The lowest BCUT2D eigenvalue weighted by atomic mass is 10.3. The van der Waals surface area contributed by atoms with Gasteiger partial charge in [0.05, 0.1) is 0 Å². The molecule has 1 aliphatic rings. The largest absolute Gasteiger partial charge is 0.368 e. The van der Waals surface area contributed by atoms with Crippen molar-refractivity contribution in [1.82, 2.24) is 15.0 Å². The van der Waals surface area contributed by atoms with Crippen LogP contribution < -0.4 is 16.0 Å². The van der Waals surface area contributed by atoms with E-state index < -0.39 is 0 Å². The van der Waals surface area contributed by atoms with Crippen LogP contribution in [0.25, 0.3) is 0 Å². The van der Waals surface area contributed by atoms with Crippen LogP contribution in [0, 0.1) is 0 Å². The second-order valence-corrected chi connectivity index (χ2v) is 5.08. The molecule has 7 heteroatoms. The number of nitrogen functional groups attached to an aromatic ring is 1. The van der Waals surface area contributed by atoms with Crippen molar-refractivity contribution in [2.75, 3.05) is 29.0 Å². The van der Waals surface area contributed by atoms with Crippen LogP contribution in [0.1, 0.15) is 12.8 Å². The molecular weight excluding hydrogens is 276 g/mol. The summed E-state index contributed by atoms with van der Waals surface area (Å²) in [6, 6.07) is 7.32. The summed E-state index contributed by atoms with van der Waals surface area (Å²) in [7, 11) is 0. The zero-order chi connectivity index (χ0) is 13.9. The van der Waals surface area contributed by atoms with Gasteiger partial charge in [-0.05, 0) is 37.1 Å². The monoisotopic (exact) mass is 290 g/mol. The van der Waals surface area contributed by atoms with E-state index >= 15 is 0 Å². The zero-order valence-corrected chi connectivity index (χ0v) is 11.6. The van der Waals surface area contributed by atoms with Gasteiger partial charge in [0.15, 0.2) is 0 Å². The van der Waals surface area contributed by atoms with Gasteiger partial charge in [0.1, 0.15) is 0 Å². The smallest absolute Gasteiger partial charge is 0.233 e. The van der Waals surface area contributed by atoms with Crippen molar-refractivity contribution in [3.05, 3.63) is 29.3 Å². The fourth-order valence-electron chi connectivity index (χ4n) is 2.16. The molecule has 1 saturated heterocycles. The van der Waals surface area contributed by atoms with Crippen molar-refractivity contribution in [3.8, 4) is 0 Å². The first-order valence-corrected chi connectivity index (χ1v) is 6.87. The SMILES string of the molecule is Nc1nc(Nc2ccc(Cl)cc2)nc(N2CCCC2)n1. The Morgan fingerprint density at radius 2 is 1.75 bits per heavy atom. The summed E-state index contributed by atoms with van der Waals surface area (Å²) in [5, 5.41) is 3.79. The molecule has 0 spiro atoms. The van der Waals surface area contributed by atoms with Crippen LogP contribution in [0.4, 0.5) is 23.5 Å². The second-order valence-electron chi connectivity index (χ2n) is 4.64. The minimum atomic E-state index is 0.221. The molecule has 6 nitrogen and oxygen atoms in total. The maximum absolute atomic E-state index is 5.86. The maximum atomic E-state index is 5.86. The first-order chi connectivity index (χ1) is 9.70. The standard InChI is InChI=1S/C13H15ClN6/c14-9-3-5-10(6-4-9)16-12-17-11(15)18-13(19-12)20-7-1-2-8-20/h3-6H,1-2,7-8H2,(H3,15,16,17,18,19). The molecule has 0 atom stereocenters. The Balaban J connectivity index is 1.83. The van der Waals surface area contributed by atoms with Crippen molar-refractivity contribution < 1.29 is 0 Å². The number of nitrogens with zero attached hydrogens (tertiary/aromatic N) is 4. The number of nitrogens with two attached hydrogens (primary N) is 1. The normalized spacial score (nSPS) is 14.6. The molecule has 0 amide bonds. The summed E-state index contributed by atoms with van der Waals surface area (Å²) in [4.78, 5) is 14.8. The molecule has 2 heterocycles. The van der Waals surface area contributed by atoms with Crippen molar-refractivity contribution in [1.29, 1.82) is 0 Å². The fourth-order valence-corrected chi connectivity index (χ4v) is 2.28. The number of halogens is 1. The Morgan fingerprint density at radius 3 is 2.45 bits per heavy atom. The first-order valence-electron chi connectivity index (χ1n) is 6.50. The molecule has 0 aliphatic carbocycles. The molecule has 20 heavy (non-hydrogen) atoms. The van der Waals surface area contributed by atoms with Gasteiger partial charge in [-0.1, -0.05) is 11.6 Å². The summed E-state index contributed by atoms with van der Waals surface area (Å²) < 4.78 is 0. The number of rotatable bonds is 3. The van der Waals surface area contributed by atoms with Crippen molar-refractivity contribution in [2.45, 2.75) is 12.8 Å². The van der Waals surface area contributed by atoms with Crippen LogP contribution in [0.5, 0.6) is 0 Å². The summed E-state index contributed by atoms with van der Waals surface area (Å²) in [5.41, 5.74) is 6.61. The predicted octanol–water partition coefficient (Wildman–Crippen LogP) is 2.45. The lowest BCUT2D eigenvalue weighted by molar-refractivity contribution is 0.887. The van der Waals surface area contributed by atoms with Crippen LogP contribution >= 0.6 is 11.6 Å². The molecule has 0 saturated carbocycles. The van der Waals surface area contributed by atoms with Crippen molar-refractivity contribution >= 4 is 35.1 Å². The molecular formula is C13H15ClN6. The van der Waals surface area contributed by atoms with Gasteiger partial charge in [0, 0.05) is 23.8 Å². The molecule has 1 aromatic carbocycles. The van der Waals surface area contributed by atoms with Crippen LogP contribution in [-0.4, -0.2) is 28.0 Å². The molecule has 2 aromatic rings. The molecule has 0 radical (unpaired) electrons.